The van der Waals surface area contributed by atoms with Gasteiger partial charge in [-0.2, -0.15) is 5.10 Å². The lowest BCUT2D eigenvalue weighted by atomic mass is 10.1. The summed E-state index contributed by atoms with van der Waals surface area (Å²) in [5, 5.41) is 7.01. The maximum absolute atomic E-state index is 11.8. The number of hydrogen-bond donors (Lipinski definition) is 1. The third-order valence-electron chi connectivity index (χ3n) is 2.95. The predicted molar refractivity (Wildman–Crippen MR) is 83.9 cm³/mol. The SMILES string of the molecule is Cc1cnn(-c2ccc([C@H](C)NC(=O)OC(C)(C)C)cn2)c1. The average Bonchev–Trinajstić information content (AvgIpc) is 2.83. The number of aryl methyl sites for hydroxylation is 1. The second-order valence-electron chi connectivity index (χ2n) is 6.28. The molecule has 0 bridgehead atoms. The summed E-state index contributed by atoms with van der Waals surface area (Å²) in [6, 6.07) is 3.60. The molecule has 0 aliphatic rings. The van der Waals surface area contributed by atoms with Crippen molar-refractivity contribution < 1.29 is 9.53 Å². The number of carbonyl (C=O) groups is 1. The first-order valence-electron chi connectivity index (χ1n) is 7.22. The van der Waals surface area contributed by atoms with Gasteiger partial charge in [-0.25, -0.2) is 14.5 Å². The van der Waals surface area contributed by atoms with Crippen molar-refractivity contribution in [3.8, 4) is 5.82 Å². The molecule has 0 saturated carbocycles. The quantitative estimate of drug-likeness (QED) is 0.945. The van der Waals surface area contributed by atoms with Gasteiger partial charge in [-0.3, -0.25) is 0 Å². The van der Waals surface area contributed by atoms with Gasteiger partial charge in [-0.15, -0.1) is 0 Å². The van der Waals surface area contributed by atoms with Crippen molar-refractivity contribution in [2.45, 2.75) is 46.3 Å². The number of nitrogens with one attached hydrogen (secondary N) is 1. The van der Waals surface area contributed by atoms with Gasteiger partial charge in [0.05, 0.1) is 12.2 Å². The van der Waals surface area contributed by atoms with Gasteiger partial charge in [0.15, 0.2) is 5.82 Å². The minimum Gasteiger partial charge on any atom is -0.444 e. The van der Waals surface area contributed by atoms with E-state index < -0.39 is 11.7 Å². The molecule has 1 N–H and O–H groups in total. The van der Waals surface area contributed by atoms with Gasteiger partial charge in [0.2, 0.25) is 0 Å². The zero-order chi connectivity index (χ0) is 16.3. The molecule has 0 unspecified atom stereocenters. The number of amides is 1. The predicted octanol–water partition coefficient (Wildman–Crippen LogP) is 3.16. The van der Waals surface area contributed by atoms with Crippen LogP contribution in [-0.4, -0.2) is 26.5 Å². The summed E-state index contributed by atoms with van der Waals surface area (Å²) in [6.45, 7) is 9.36. The van der Waals surface area contributed by atoms with Crippen molar-refractivity contribution in [2.75, 3.05) is 0 Å². The van der Waals surface area contributed by atoms with Crippen molar-refractivity contribution in [2.24, 2.45) is 0 Å². The highest BCUT2D eigenvalue weighted by Crippen LogP contribution is 2.15. The van der Waals surface area contributed by atoms with Crippen LogP contribution in [0.15, 0.2) is 30.7 Å². The van der Waals surface area contributed by atoms with Crippen molar-refractivity contribution >= 4 is 6.09 Å². The Labute approximate surface area is 130 Å². The molecule has 2 aromatic rings. The Morgan fingerprint density at radius 3 is 2.55 bits per heavy atom. The first-order chi connectivity index (χ1) is 10.2. The van der Waals surface area contributed by atoms with Gasteiger partial charge in [-0.05, 0) is 51.8 Å². The second-order valence-corrected chi connectivity index (χ2v) is 6.28. The van der Waals surface area contributed by atoms with Crippen LogP contribution in [0.3, 0.4) is 0 Å². The lowest BCUT2D eigenvalue weighted by Gasteiger charge is -2.22. The van der Waals surface area contributed by atoms with Crippen molar-refractivity contribution in [3.05, 3.63) is 41.9 Å². The van der Waals surface area contributed by atoms with Crippen LogP contribution in [0.1, 0.15) is 44.9 Å². The fourth-order valence-electron chi connectivity index (χ4n) is 1.89. The van der Waals surface area contributed by atoms with E-state index in [4.69, 9.17) is 4.74 Å². The Bertz CT molecular complexity index is 641. The fourth-order valence-corrected chi connectivity index (χ4v) is 1.89. The van der Waals surface area contributed by atoms with Crippen LogP contribution in [0.25, 0.3) is 5.82 Å². The molecule has 6 nitrogen and oxygen atoms in total. The van der Waals surface area contributed by atoms with Gasteiger partial charge >= 0.3 is 6.09 Å². The van der Waals surface area contributed by atoms with Gasteiger partial charge < -0.3 is 10.1 Å². The summed E-state index contributed by atoms with van der Waals surface area (Å²) in [4.78, 5) is 16.1. The Balaban J connectivity index is 2.02. The molecule has 2 rings (SSSR count). The maximum atomic E-state index is 11.8. The van der Waals surface area contributed by atoms with Gasteiger partial charge in [0.25, 0.3) is 0 Å². The summed E-state index contributed by atoms with van der Waals surface area (Å²) in [5.74, 6) is 0.737. The second kappa shape index (κ2) is 6.17. The summed E-state index contributed by atoms with van der Waals surface area (Å²) < 4.78 is 6.95. The molecule has 0 saturated heterocycles. The van der Waals surface area contributed by atoms with E-state index in [9.17, 15) is 4.79 Å². The molecular weight excluding hydrogens is 280 g/mol. The highest BCUT2D eigenvalue weighted by atomic mass is 16.6. The average molecular weight is 302 g/mol. The van der Waals surface area contributed by atoms with Crippen LogP contribution in [0, 0.1) is 6.92 Å². The topological polar surface area (TPSA) is 69.0 Å². The van der Waals surface area contributed by atoms with Crippen LogP contribution in [0.2, 0.25) is 0 Å². The minimum absolute atomic E-state index is 0.184. The van der Waals surface area contributed by atoms with Crippen molar-refractivity contribution in [1.29, 1.82) is 0 Å². The number of nitrogens with zero attached hydrogens (tertiary/aromatic N) is 3. The summed E-state index contributed by atoms with van der Waals surface area (Å²) in [5.41, 5.74) is 1.47. The van der Waals surface area contributed by atoms with E-state index in [0.717, 1.165) is 16.9 Å². The first-order valence-corrected chi connectivity index (χ1v) is 7.22. The highest BCUT2D eigenvalue weighted by molar-refractivity contribution is 5.68. The Morgan fingerprint density at radius 2 is 2.05 bits per heavy atom. The van der Waals surface area contributed by atoms with Crippen LogP contribution < -0.4 is 5.32 Å². The molecule has 0 aromatic carbocycles. The standard InChI is InChI=1S/C16H22N4O2/c1-11-8-18-20(10-11)14-7-6-13(9-17-14)12(2)19-15(21)22-16(3,4)5/h6-10,12H,1-5H3,(H,19,21)/t12-/m0/s1. The van der Waals surface area contributed by atoms with E-state index in [2.05, 4.69) is 15.4 Å². The number of aromatic nitrogens is 3. The Kier molecular flexibility index (Phi) is 4.49. The van der Waals surface area contributed by atoms with Gasteiger partial charge in [-0.1, -0.05) is 6.07 Å². The molecule has 0 spiro atoms. The number of ether oxygens (including phenoxy) is 1. The largest absolute Gasteiger partial charge is 0.444 e. The number of carbonyl (C=O) groups excluding carboxylic acids is 1. The van der Waals surface area contributed by atoms with Crippen molar-refractivity contribution in [1.82, 2.24) is 20.1 Å². The van der Waals surface area contributed by atoms with E-state index in [1.54, 1.807) is 17.1 Å². The smallest absolute Gasteiger partial charge is 0.408 e. The van der Waals surface area contributed by atoms with E-state index in [1.165, 1.54) is 0 Å². The molecule has 2 heterocycles. The minimum atomic E-state index is -0.510. The number of alkyl carbamates (subject to hydrolysis) is 1. The maximum Gasteiger partial charge on any atom is 0.408 e. The molecular formula is C16H22N4O2. The molecule has 0 fully saturated rings. The Hall–Kier alpha value is -2.37. The lowest BCUT2D eigenvalue weighted by molar-refractivity contribution is 0.0508. The first kappa shape index (κ1) is 16.0. The third-order valence-corrected chi connectivity index (χ3v) is 2.95. The number of hydrogen-bond acceptors (Lipinski definition) is 4. The molecule has 6 heteroatoms. The molecule has 2 aromatic heterocycles. The van der Waals surface area contributed by atoms with Gasteiger partial charge in [0.1, 0.15) is 5.60 Å². The van der Waals surface area contributed by atoms with E-state index in [0.29, 0.717) is 0 Å². The summed E-state index contributed by atoms with van der Waals surface area (Å²) in [7, 11) is 0. The van der Waals surface area contributed by atoms with E-state index in [1.807, 2.05) is 52.9 Å². The Morgan fingerprint density at radius 1 is 1.32 bits per heavy atom. The normalized spacial score (nSPS) is 12.8. The molecule has 22 heavy (non-hydrogen) atoms. The third kappa shape index (κ3) is 4.31. The van der Waals surface area contributed by atoms with Crippen LogP contribution in [0.4, 0.5) is 4.79 Å². The fraction of sp³-hybridized carbons (Fsp3) is 0.438. The molecule has 118 valence electrons. The number of pyridine rings is 1. The lowest BCUT2D eigenvalue weighted by Crippen LogP contribution is -2.34. The summed E-state index contributed by atoms with van der Waals surface area (Å²) in [6.07, 6.45) is 4.98. The molecule has 1 amide bonds. The molecule has 0 aliphatic carbocycles. The highest BCUT2D eigenvalue weighted by Gasteiger charge is 2.18. The molecule has 0 aliphatic heterocycles. The van der Waals surface area contributed by atoms with E-state index in [-0.39, 0.29) is 6.04 Å². The van der Waals surface area contributed by atoms with Crippen LogP contribution >= 0.6 is 0 Å². The summed E-state index contributed by atoms with van der Waals surface area (Å²) >= 11 is 0. The number of rotatable bonds is 3. The van der Waals surface area contributed by atoms with Crippen molar-refractivity contribution in [3.63, 3.8) is 0 Å². The monoisotopic (exact) mass is 302 g/mol. The van der Waals surface area contributed by atoms with E-state index >= 15 is 0 Å². The molecule has 1 atom stereocenters. The van der Waals surface area contributed by atoms with Crippen LogP contribution in [-0.2, 0) is 4.74 Å². The molecule has 0 radical (unpaired) electrons. The van der Waals surface area contributed by atoms with Crippen LogP contribution in [0.5, 0.6) is 0 Å². The van der Waals surface area contributed by atoms with Gasteiger partial charge in [0, 0.05) is 12.4 Å². The zero-order valence-corrected chi connectivity index (χ0v) is 13.6. The zero-order valence-electron chi connectivity index (χ0n) is 13.6.